The molecule has 0 nitrogen and oxygen atoms in total. The summed E-state index contributed by atoms with van der Waals surface area (Å²) in [6.45, 7) is 0. The van der Waals surface area contributed by atoms with Gasteiger partial charge in [0.15, 0.2) is 0 Å². The van der Waals surface area contributed by atoms with Crippen molar-refractivity contribution >= 4 is 21.5 Å². The molecule has 0 bridgehead atoms. The second-order valence-corrected chi connectivity index (χ2v) is 14.4. The first-order valence-electron chi connectivity index (χ1n) is 19.4. The minimum atomic E-state index is 1.17. The molecule has 0 heteroatoms. The Morgan fingerprint density at radius 3 is 0.982 bits per heavy atom. The quantitative estimate of drug-likeness (QED) is 0.144. The molecule has 0 spiro atoms. The van der Waals surface area contributed by atoms with Crippen LogP contribution in [0.4, 0.5) is 0 Å². The van der Waals surface area contributed by atoms with Crippen LogP contribution in [0.15, 0.2) is 231 Å². The third-order valence-corrected chi connectivity index (χ3v) is 11.1. The Hall–Kier alpha value is -7.28. The highest BCUT2D eigenvalue weighted by atomic mass is 14.2. The zero-order valence-electron chi connectivity index (χ0n) is 30.9. The normalized spacial score (nSPS) is 11.2. The van der Waals surface area contributed by atoms with E-state index < -0.39 is 0 Å². The molecule has 10 aromatic rings. The Bertz CT molecular complexity index is 2910. The Morgan fingerprint density at radius 1 is 0.161 bits per heavy atom. The van der Waals surface area contributed by atoms with Crippen molar-refractivity contribution in [3.8, 4) is 77.9 Å². The lowest BCUT2D eigenvalue weighted by molar-refractivity contribution is 1.54. The molecule has 0 amide bonds. The highest BCUT2D eigenvalue weighted by Crippen LogP contribution is 2.49. The third kappa shape index (κ3) is 5.99. The molecular formula is C56H38. The first kappa shape index (κ1) is 33.3. The maximum atomic E-state index is 2.46. The first-order chi connectivity index (χ1) is 27.8. The summed E-state index contributed by atoms with van der Waals surface area (Å²) in [4.78, 5) is 0. The lowest BCUT2D eigenvalue weighted by Crippen LogP contribution is -1.96. The molecule has 0 aliphatic rings. The lowest BCUT2D eigenvalue weighted by Gasteiger charge is -2.22. The van der Waals surface area contributed by atoms with Gasteiger partial charge in [0.25, 0.3) is 0 Å². The fourth-order valence-corrected chi connectivity index (χ4v) is 8.55. The Kier molecular flexibility index (Phi) is 8.63. The van der Waals surface area contributed by atoms with E-state index in [9.17, 15) is 0 Å². The van der Waals surface area contributed by atoms with Crippen LogP contribution in [0.3, 0.4) is 0 Å². The average Bonchev–Trinajstić information content (AvgIpc) is 3.29. The van der Waals surface area contributed by atoms with E-state index in [0.29, 0.717) is 0 Å². The van der Waals surface area contributed by atoms with Crippen LogP contribution in [-0.2, 0) is 0 Å². The lowest BCUT2D eigenvalue weighted by atomic mass is 9.81. The van der Waals surface area contributed by atoms with Crippen LogP contribution in [0.5, 0.6) is 0 Å². The molecule has 0 aliphatic carbocycles. The van der Waals surface area contributed by atoms with Gasteiger partial charge in [-0.1, -0.05) is 212 Å². The molecule has 0 radical (unpaired) electrons. The summed E-state index contributed by atoms with van der Waals surface area (Å²) in [5, 5.41) is 4.98. The fourth-order valence-electron chi connectivity index (χ4n) is 8.55. The maximum absolute atomic E-state index is 2.46. The summed E-state index contributed by atoms with van der Waals surface area (Å²) >= 11 is 0. The number of hydrogen-bond donors (Lipinski definition) is 0. The van der Waals surface area contributed by atoms with E-state index in [1.807, 2.05) is 0 Å². The summed E-state index contributed by atoms with van der Waals surface area (Å²) in [5.41, 5.74) is 16.9. The molecular weight excluding hydrogens is 673 g/mol. The Morgan fingerprint density at radius 2 is 0.500 bits per heavy atom. The van der Waals surface area contributed by atoms with Crippen LogP contribution in [0.1, 0.15) is 0 Å². The van der Waals surface area contributed by atoms with Crippen molar-refractivity contribution in [2.45, 2.75) is 0 Å². The summed E-state index contributed by atoms with van der Waals surface area (Å²) in [6, 6.07) is 84.1. The van der Waals surface area contributed by atoms with Crippen molar-refractivity contribution in [2.24, 2.45) is 0 Å². The zero-order valence-corrected chi connectivity index (χ0v) is 30.9. The molecule has 0 unspecified atom stereocenters. The molecule has 10 rings (SSSR count). The van der Waals surface area contributed by atoms with E-state index in [0.717, 1.165) is 0 Å². The van der Waals surface area contributed by atoms with Crippen molar-refractivity contribution in [1.82, 2.24) is 0 Å². The molecule has 56 heavy (non-hydrogen) atoms. The van der Waals surface area contributed by atoms with Gasteiger partial charge in [-0.05, 0) is 118 Å². The van der Waals surface area contributed by atoms with Crippen LogP contribution in [-0.4, -0.2) is 0 Å². The van der Waals surface area contributed by atoms with Gasteiger partial charge in [0.2, 0.25) is 0 Å². The maximum Gasteiger partial charge on any atom is -0.00199 e. The van der Waals surface area contributed by atoms with Crippen LogP contribution in [0.25, 0.3) is 99.4 Å². The smallest absolute Gasteiger partial charge is 0.00199 e. The van der Waals surface area contributed by atoms with Crippen molar-refractivity contribution in [1.29, 1.82) is 0 Å². The van der Waals surface area contributed by atoms with Crippen LogP contribution >= 0.6 is 0 Å². The van der Waals surface area contributed by atoms with Crippen molar-refractivity contribution in [3.63, 3.8) is 0 Å². The number of hydrogen-bond acceptors (Lipinski definition) is 0. The molecule has 10 aromatic carbocycles. The molecule has 262 valence electrons. The van der Waals surface area contributed by atoms with Gasteiger partial charge in [-0.25, -0.2) is 0 Å². The van der Waals surface area contributed by atoms with Gasteiger partial charge in [-0.3, -0.25) is 0 Å². The van der Waals surface area contributed by atoms with Crippen LogP contribution < -0.4 is 0 Å². The largest absolute Gasteiger partial charge is 0.0622 e. The van der Waals surface area contributed by atoms with Crippen molar-refractivity contribution < 1.29 is 0 Å². The fraction of sp³-hybridized carbons (Fsp3) is 0. The van der Waals surface area contributed by atoms with Crippen molar-refractivity contribution in [2.75, 3.05) is 0 Å². The molecule has 0 heterocycles. The molecule has 0 aliphatic heterocycles. The van der Waals surface area contributed by atoms with E-state index in [-0.39, 0.29) is 0 Å². The predicted octanol–water partition coefficient (Wildman–Crippen LogP) is 15.7. The summed E-state index contributed by atoms with van der Waals surface area (Å²) in [5.74, 6) is 0. The minimum Gasteiger partial charge on any atom is -0.0622 e. The van der Waals surface area contributed by atoms with E-state index in [4.69, 9.17) is 0 Å². The molecule has 0 saturated heterocycles. The van der Waals surface area contributed by atoms with Gasteiger partial charge in [0, 0.05) is 0 Å². The van der Waals surface area contributed by atoms with Gasteiger partial charge >= 0.3 is 0 Å². The average molecular weight is 711 g/mol. The molecule has 0 fully saturated rings. The standard InChI is InChI=1S/C56H38/c1-6-20-39(21-7-1)45-37-51(41-24-10-3-11-25-41)55(43-28-14-5-15-29-43)52(38-45)44-34-35-46(40-22-8-2-9-23-40)53(36-44)56-49-32-18-16-30-47(49)54(42-26-12-4-13-27-42)48-31-17-19-33-50(48)56/h1-38H. The number of fused-ring (bicyclic) bond motifs is 2. The molecule has 0 aromatic heterocycles. The van der Waals surface area contributed by atoms with E-state index in [2.05, 4.69) is 231 Å². The van der Waals surface area contributed by atoms with Gasteiger partial charge in [-0.15, -0.1) is 0 Å². The monoisotopic (exact) mass is 710 g/mol. The third-order valence-electron chi connectivity index (χ3n) is 11.1. The van der Waals surface area contributed by atoms with E-state index in [1.54, 1.807) is 0 Å². The second kappa shape index (κ2) is 14.5. The Labute approximate surface area is 328 Å². The number of benzene rings is 10. The van der Waals surface area contributed by atoms with Crippen LogP contribution in [0.2, 0.25) is 0 Å². The van der Waals surface area contributed by atoms with E-state index in [1.165, 1.54) is 99.4 Å². The van der Waals surface area contributed by atoms with E-state index >= 15 is 0 Å². The SMILES string of the molecule is c1ccc(-c2cc(-c3ccccc3)c(-c3ccccc3)c(-c3ccc(-c4ccccc4)c(-c4c5ccccc5c(-c5ccccc5)c5ccccc45)c3)c2)cc1. The topological polar surface area (TPSA) is 0 Å². The summed E-state index contributed by atoms with van der Waals surface area (Å²) in [6.07, 6.45) is 0. The van der Waals surface area contributed by atoms with Gasteiger partial charge < -0.3 is 0 Å². The predicted molar refractivity (Wildman–Crippen MR) is 240 cm³/mol. The minimum absolute atomic E-state index is 1.17. The van der Waals surface area contributed by atoms with Gasteiger partial charge in [0.1, 0.15) is 0 Å². The highest BCUT2D eigenvalue weighted by Gasteiger charge is 2.22. The van der Waals surface area contributed by atoms with Crippen LogP contribution in [0, 0.1) is 0 Å². The first-order valence-corrected chi connectivity index (χ1v) is 19.4. The Balaban J connectivity index is 1.33. The van der Waals surface area contributed by atoms with Gasteiger partial charge in [-0.2, -0.15) is 0 Å². The second-order valence-electron chi connectivity index (χ2n) is 14.4. The number of rotatable bonds is 7. The summed E-state index contributed by atoms with van der Waals surface area (Å²) < 4.78 is 0. The van der Waals surface area contributed by atoms with Gasteiger partial charge in [0.05, 0.1) is 0 Å². The highest BCUT2D eigenvalue weighted by molar-refractivity contribution is 6.22. The molecule has 0 saturated carbocycles. The van der Waals surface area contributed by atoms with Crippen molar-refractivity contribution in [3.05, 3.63) is 231 Å². The molecule has 0 N–H and O–H groups in total. The molecule has 0 atom stereocenters. The summed E-state index contributed by atoms with van der Waals surface area (Å²) in [7, 11) is 0. The zero-order chi connectivity index (χ0) is 37.3.